The Kier molecular flexibility index (Phi) is 6.36. The molecule has 0 bridgehead atoms. The van der Waals surface area contributed by atoms with Crippen molar-refractivity contribution in [1.29, 1.82) is 0 Å². The summed E-state index contributed by atoms with van der Waals surface area (Å²) in [6.45, 7) is 0.141. The van der Waals surface area contributed by atoms with Gasteiger partial charge in [0.05, 0.1) is 17.2 Å². The Hall–Kier alpha value is -3.81. The van der Waals surface area contributed by atoms with Crippen molar-refractivity contribution >= 4 is 29.5 Å². The van der Waals surface area contributed by atoms with E-state index in [9.17, 15) is 24.0 Å². The first-order chi connectivity index (χ1) is 14.4. The van der Waals surface area contributed by atoms with Gasteiger partial charge in [-0.1, -0.05) is 42.5 Å². The van der Waals surface area contributed by atoms with Crippen LogP contribution in [0.4, 0.5) is 0 Å². The molecule has 0 radical (unpaired) electrons. The van der Waals surface area contributed by atoms with Gasteiger partial charge in [-0.2, -0.15) is 0 Å². The van der Waals surface area contributed by atoms with Gasteiger partial charge in [0.2, 0.25) is 0 Å². The number of esters is 1. The first-order valence-electron chi connectivity index (χ1n) is 9.31. The average molecular weight is 408 g/mol. The summed E-state index contributed by atoms with van der Waals surface area (Å²) in [4.78, 5) is 61.3. The molecule has 154 valence electrons. The second-order valence-corrected chi connectivity index (χ2v) is 6.82. The second kappa shape index (κ2) is 9.13. The largest absolute Gasteiger partial charge is 0.454 e. The summed E-state index contributed by atoms with van der Waals surface area (Å²) in [6, 6.07) is 14.7. The van der Waals surface area contributed by atoms with Crippen molar-refractivity contribution < 1.29 is 28.7 Å². The highest BCUT2D eigenvalue weighted by Gasteiger charge is 2.36. The third-order valence-electron chi connectivity index (χ3n) is 4.64. The molecule has 30 heavy (non-hydrogen) atoms. The van der Waals surface area contributed by atoms with Crippen LogP contribution in [0.15, 0.2) is 54.6 Å². The predicted molar refractivity (Wildman–Crippen MR) is 106 cm³/mol. The lowest BCUT2D eigenvalue weighted by Gasteiger charge is -2.17. The van der Waals surface area contributed by atoms with Crippen LogP contribution in [-0.4, -0.2) is 53.6 Å². The van der Waals surface area contributed by atoms with E-state index in [4.69, 9.17) is 4.74 Å². The summed E-state index contributed by atoms with van der Waals surface area (Å²) < 4.78 is 4.88. The first kappa shape index (κ1) is 20.9. The lowest BCUT2D eigenvalue weighted by Crippen LogP contribution is -2.44. The minimum Gasteiger partial charge on any atom is -0.454 e. The molecule has 0 spiro atoms. The molecule has 1 aliphatic rings. The van der Waals surface area contributed by atoms with Crippen LogP contribution in [0.5, 0.6) is 0 Å². The van der Waals surface area contributed by atoms with E-state index in [1.807, 2.05) is 30.3 Å². The smallest absolute Gasteiger partial charge is 0.326 e. The topological polar surface area (TPSA) is 110 Å². The quantitative estimate of drug-likeness (QED) is 0.518. The summed E-state index contributed by atoms with van der Waals surface area (Å²) in [7, 11) is 0. The number of hydrogen-bond acceptors (Lipinski definition) is 6. The summed E-state index contributed by atoms with van der Waals surface area (Å²) in [5.41, 5.74) is 1.32. The summed E-state index contributed by atoms with van der Waals surface area (Å²) in [6.07, 6.45) is 0.310. The van der Waals surface area contributed by atoms with E-state index in [1.54, 1.807) is 12.1 Å². The van der Waals surface area contributed by atoms with Crippen LogP contribution < -0.4 is 5.32 Å². The highest BCUT2D eigenvalue weighted by Crippen LogP contribution is 2.22. The number of ketones is 1. The van der Waals surface area contributed by atoms with Crippen LogP contribution in [0, 0.1) is 0 Å². The van der Waals surface area contributed by atoms with Gasteiger partial charge in [0.1, 0.15) is 6.54 Å². The molecule has 1 N–H and O–H groups in total. The molecule has 0 saturated carbocycles. The molecule has 8 nitrogen and oxygen atoms in total. The zero-order valence-electron chi connectivity index (χ0n) is 16.3. The number of Topliss-reactive ketones (excluding diaryl/α,β-unsaturated/α-hetero) is 1. The Balaban J connectivity index is 1.51. The Bertz CT molecular complexity index is 967. The molecule has 8 heteroatoms. The molecule has 2 aromatic carbocycles. The fourth-order valence-corrected chi connectivity index (χ4v) is 3.09. The summed E-state index contributed by atoms with van der Waals surface area (Å²) in [5, 5.41) is 2.53. The number of nitrogens with one attached hydrogen (secondary N) is 1. The zero-order valence-corrected chi connectivity index (χ0v) is 16.3. The molecule has 0 saturated heterocycles. The second-order valence-electron chi connectivity index (χ2n) is 6.82. The van der Waals surface area contributed by atoms with Gasteiger partial charge in [-0.25, -0.2) is 0 Å². The van der Waals surface area contributed by atoms with Crippen LogP contribution in [0.2, 0.25) is 0 Å². The highest BCUT2D eigenvalue weighted by atomic mass is 16.5. The van der Waals surface area contributed by atoms with Gasteiger partial charge in [0.15, 0.2) is 12.4 Å². The number of carbonyl (C=O) groups excluding carboxylic acids is 5. The van der Waals surface area contributed by atoms with Crippen molar-refractivity contribution in [2.45, 2.75) is 19.4 Å². The third-order valence-corrected chi connectivity index (χ3v) is 4.64. The van der Waals surface area contributed by atoms with Gasteiger partial charge >= 0.3 is 5.97 Å². The fourth-order valence-electron chi connectivity index (χ4n) is 3.09. The van der Waals surface area contributed by atoms with E-state index in [0.29, 0.717) is 6.42 Å². The number of ether oxygens (including phenoxy) is 1. The molecule has 1 heterocycles. The zero-order chi connectivity index (χ0) is 21.7. The van der Waals surface area contributed by atoms with Gasteiger partial charge < -0.3 is 10.1 Å². The standard InChI is InChI=1S/C22H20N2O6/c1-14(25)18(11-15-7-3-2-4-8-15)23-19(26)13-30-20(27)12-24-21(28)16-9-5-6-10-17(16)22(24)29/h2-10,18H,11-13H2,1H3,(H,23,26)/t18-/m1/s1. The van der Waals surface area contributed by atoms with Crippen LogP contribution >= 0.6 is 0 Å². The predicted octanol–water partition coefficient (Wildman–Crippen LogP) is 1.14. The molecule has 0 fully saturated rings. The Morgan fingerprint density at radius 1 is 0.933 bits per heavy atom. The number of imide groups is 1. The highest BCUT2D eigenvalue weighted by molar-refractivity contribution is 6.22. The molecule has 1 aliphatic heterocycles. The van der Waals surface area contributed by atoms with E-state index < -0.39 is 42.9 Å². The Morgan fingerprint density at radius 3 is 2.07 bits per heavy atom. The molecule has 0 aliphatic carbocycles. The van der Waals surface area contributed by atoms with Crippen LogP contribution in [0.25, 0.3) is 0 Å². The van der Waals surface area contributed by atoms with E-state index in [2.05, 4.69) is 5.32 Å². The third kappa shape index (κ3) is 4.78. The minimum absolute atomic E-state index is 0.221. The fraction of sp³-hybridized carbons (Fsp3) is 0.227. The maximum absolute atomic E-state index is 12.3. The van der Waals surface area contributed by atoms with E-state index in [1.165, 1.54) is 19.1 Å². The lowest BCUT2D eigenvalue weighted by atomic mass is 10.0. The molecule has 3 amide bonds. The van der Waals surface area contributed by atoms with Crippen molar-refractivity contribution in [2.24, 2.45) is 0 Å². The van der Waals surface area contributed by atoms with E-state index >= 15 is 0 Å². The number of amides is 3. The summed E-state index contributed by atoms with van der Waals surface area (Å²) >= 11 is 0. The van der Waals surface area contributed by atoms with Gasteiger partial charge in [0, 0.05) is 0 Å². The SMILES string of the molecule is CC(=O)[C@@H](Cc1ccccc1)NC(=O)COC(=O)CN1C(=O)c2ccccc2C1=O. The maximum Gasteiger partial charge on any atom is 0.326 e. The van der Waals surface area contributed by atoms with E-state index in [0.717, 1.165) is 10.5 Å². The number of rotatable bonds is 8. The molecular weight excluding hydrogens is 388 g/mol. The van der Waals surface area contributed by atoms with Crippen molar-refractivity contribution in [1.82, 2.24) is 10.2 Å². The number of hydrogen-bond donors (Lipinski definition) is 1. The number of benzene rings is 2. The number of fused-ring (bicyclic) bond motifs is 1. The van der Waals surface area contributed by atoms with Gasteiger partial charge in [-0.05, 0) is 31.0 Å². The van der Waals surface area contributed by atoms with Gasteiger partial charge in [0.25, 0.3) is 17.7 Å². The van der Waals surface area contributed by atoms with Gasteiger partial charge in [-0.3, -0.25) is 28.9 Å². The van der Waals surface area contributed by atoms with Crippen molar-refractivity contribution in [3.05, 3.63) is 71.3 Å². The number of carbonyl (C=O) groups is 5. The van der Waals surface area contributed by atoms with Crippen LogP contribution in [0.1, 0.15) is 33.2 Å². The normalized spacial score (nSPS) is 13.6. The average Bonchev–Trinajstić information content (AvgIpc) is 2.97. The Labute approximate surface area is 172 Å². The maximum atomic E-state index is 12.3. The van der Waals surface area contributed by atoms with Crippen LogP contribution in [-0.2, 0) is 25.5 Å². The first-order valence-corrected chi connectivity index (χ1v) is 9.31. The monoisotopic (exact) mass is 408 g/mol. The Morgan fingerprint density at radius 2 is 1.50 bits per heavy atom. The van der Waals surface area contributed by atoms with Gasteiger partial charge in [-0.15, -0.1) is 0 Å². The molecule has 1 atom stereocenters. The molecular formula is C22H20N2O6. The molecule has 0 aromatic heterocycles. The lowest BCUT2D eigenvalue weighted by molar-refractivity contribution is -0.149. The molecule has 0 unspecified atom stereocenters. The van der Waals surface area contributed by atoms with Crippen molar-refractivity contribution in [2.75, 3.05) is 13.2 Å². The van der Waals surface area contributed by atoms with Crippen LogP contribution in [0.3, 0.4) is 0 Å². The molecule has 3 rings (SSSR count). The minimum atomic E-state index is -0.901. The molecule has 2 aromatic rings. The van der Waals surface area contributed by atoms with Crippen molar-refractivity contribution in [3.8, 4) is 0 Å². The van der Waals surface area contributed by atoms with Crippen molar-refractivity contribution in [3.63, 3.8) is 0 Å². The summed E-state index contributed by atoms with van der Waals surface area (Å²) in [5.74, 6) is -2.96. The number of nitrogens with zero attached hydrogens (tertiary/aromatic N) is 1. The van der Waals surface area contributed by atoms with E-state index in [-0.39, 0.29) is 16.9 Å².